The van der Waals surface area contributed by atoms with E-state index in [4.69, 9.17) is 0 Å². The zero-order chi connectivity index (χ0) is 15.6. The Morgan fingerprint density at radius 1 is 1.33 bits per heavy atom. The molecule has 110 valence electrons. The molecule has 0 saturated heterocycles. The molecular formula is C16H18FN3O. The van der Waals surface area contributed by atoms with Gasteiger partial charge in [-0.2, -0.15) is 0 Å². The number of anilines is 1. The lowest BCUT2D eigenvalue weighted by Gasteiger charge is -2.13. The number of hydrogen-bond donors (Lipinski definition) is 1. The van der Waals surface area contributed by atoms with Gasteiger partial charge in [0.05, 0.1) is 11.3 Å². The first-order chi connectivity index (χ1) is 9.93. The first kappa shape index (κ1) is 15.1. The highest BCUT2D eigenvalue weighted by Gasteiger charge is 2.15. The van der Waals surface area contributed by atoms with Crippen LogP contribution in [0.25, 0.3) is 11.1 Å². The highest BCUT2D eigenvalue weighted by atomic mass is 19.1. The molecule has 4 nitrogen and oxygen atoms in total. The van der Waals surface area contributed by atoms with Crippen LogP contribution < -0.4 is 5.32 Å². The van der Waals surface area contributed by atoms with Crippen LogP contribution in [-0.4, -0.2) is 22.8 Å². The van der Waals surface area contributed by atoms with Crippen molar-refractivity contribution in [3.05, 3.63) is 41.5 Å². The summed E-state index contributed by atoms with van der Waals surface area (Å²) in [5.74, 6) is -0.0874. The topological polar surface area (TPSA) is 54.9 Å². The van der Waals surface area contributed by atoms with Crippen molar-refractivity contribution in [2.75, 3.05) is 12.4 Å². The Balaban J connectivity index is 2.61. The van der Waals surface area contributed by atoms with Crippen LogP contribution in [0.15, 0.2) is 24.4 Å². The lowest BCUT2D eigenvalue weighted by atomic mass is 9.97. The summed E-state index contributed by atoms with van der Waals surface area (Å²) in [7, 11) is 1.75. The number of halogens is 1. The number of aromatic nitrogens is 2. The second-order valence-electron chi connectivity index (χ2n) is 5.15. The summed E-state index contributed by atoms with van der Waals surface area (Å²) in [5.41, 5.74) is 2.50. The molecule has 5 heteroatoms. The van der Waals surface area contributed by atoms with Crippen molar-refractivity contribution >= 4 is 11.7 Å². The van der Waals surface area contributed by atoms with Gasteiger partial charge in [-0.05, 0) is 30.5 Å². The second-order valence-corrected chi connectivity index (χ2v) is 5.15. The van der Waals surface area contributed by atoms with Crippen LogP contribution in [0.2, 0.25) is 0 Å². The lowest BCUT2D eigenvalue weighted by Crippen LogP contribution is -2.04. The summed E-state index contributed by atoms with van der Waals surface area (Å²) in [6.07, 6.45) is 1.70. The summed E-state index contributed by atoms with van der Waals surface area (Å²) in [6, 6.07) is 4.51. The molecule has 0 fully saturated rings. The van der Waals surface area contributed by atoms with Crippen LogP contribution in [0.4, 0.5) is 10.3 Å². The number of nitrogens with one attached hydrogen (secondary N) is 1. The molecule has 21 heavy (non-hydrogen) atoms. The predicted octanol–water partition coefficient (Wildman–Crippen LogP) is 3.65. The van der Waals surface area contributed by atoms with E-state index in [1.165, 1.54) is 13.0 Å². The normalized spacial score (nSPS) is 10.8. The zero-order valence-corrected chi connectivity index (χ0v) is 12.6. The molecule has 0 aliphatic rings. The van der Waals surface area contributed by atoms with E-state index < -0.39 is 5.82 Å². The van der Waals surface area contributed by atoms with E-state index in [2.05, 4.69) is 15.3 Å². The van der Waals surface area contributed by atoms with Gasteiger partial charge in [-0.25, -0.2) is 14.4 Å². The van der Waals surface area contributed by atoms with Gasteiger partial charge in [-0.15, -0.1) is 0 Å². The Kier molecular flexibility index (Phi) is 4.31. The minimum absolute atomic E-state index is 0.0832. The smallest absolute Gasteiger partial charge is 0.222 e. The standard InChI is InChI=1S/C16H18FN3O/c1-9(2)15-13(8-19-16(18-4)20-15)11-5-6-14(17)12(7-11)10(3)21/h5-9H,1-4H3,(H,18,19,20). The summed E-state index contributed by atoms with van der Waals surface area (Å²) < 4.78 is 13.7. The average Bonchev–Trinajstić information content (AvgIpc) is 2.46. The number of benzene rings is 1. The monoisotopic (exact) mass is 287 g/mol. The fourth-order valence-electron chi connectivity index (χ4n) is 2.14. The van der Waals surface area contributed by atoms with Crippen molar-refractivity contribution in [3.63, 3.8) is 0 Å². The zero-order valence-electron chi connectivity index (χ0n) is 12.6. The molecule has 0 bridgehead atoms. The number of carbonyl (C=O) groups excluding carboxylic acids is 1. The number of carbonyl (C=O) groups is 1. The van der Waals surface area contributed by atoms with E-state index in [1.54, 1.807) is 25.4 Å². The molecule has 0 unspecified atom stereocenters. The Morgan fingerprint density at radius 3 is 2.62 bits per heavy atom. The molecular weight excluding hydrogens is 269 g/mol. The van der Waals surface area contributed by atoms with Gasteiger partial charge >= 0.3 is 0 Å². The maximum atomic E-state index is 13.7. The quantitative estimate of drug-likeness (QED) is 0.872. The van der Waals surface area contributed by atoms with Gasteiger partial charge < -0.3 is 5.32 Å². The summed E-state index contributed by atoms with van der Waals surface area (Å²) in [4.78, 5) is 20.2. The van der Waals surface area contributed by atoms with Gasteiger partial charge in [-0.3, -0.25) is 4.79 Å². The molecule has 1 aromatic carbocycles. The van der Waals surface area contributed by atoms with Crippen LogP contribution in [-0.2, 0) is 0 Å². The van der Waals surface area contributed by atoms with E-state index in [9.17, 15) is 9.18 Å². The number of nitrogens with zero attached hydrogens (tertiary/aromatic N) is 2. The fraction of sp³-hybridized carbons (Fsp3) is 0.312. The first-order valence-corrected chi connectivity index (χ1v) is 6.79. The molecule has 0 aliphatic carbocycles. The predicted molar refractivity (Wildman–Crippen MR) is 81.1 cm³/mol. The number of hydrogen-bond acceptors (Lipinski definition) is 4. The summed E-state index contributed by atoms with van der Waals surface area (Å²) in [5, 5.41) is 2.90. The van der Waals surface area contributed by atoms with E-state index in [0.717, 1.165) is 16.8 Å². The van der Waals surface area contributed by atoms with Crippen LogP contribution in [0.3, 0.4) is 0 Å². The second kappa shape index (κ2) is 5.99. The Labute approximate surface area is 123 Å². The molecule has 0 atom stereocenters. The summed E-state index contributed by atoms with van der Waals surface area (Å²) >= 11 is 0. The first-order valence-electron chi connectivity index (χ1n) is 6.79. The Morgan fingerprint density at radius 2 is 2.05 bits per heavy atom. The van der Waals surface area contributed by atoms with E-state index in [-0.39, 0.29) is 17.3 Å². The van der Waals surface area contributed by atoms with Crippen LogP contribution >= 0.6 is 0 Å². The van der Waals surface area contributed by atoms with E-state index >= 15 is 0 Å². The average molecular weight is 287 g/mol. The SMILES string of the molecule is CNc1ncc(-c2ccc(F)c(C(C)=O)c2)c(C(C)C)n1. The van der Waals surface area contributed by atoms with Gasteiger partial charge in [-0.1, -0.05) is 19.9 Å². The Hall–Kier alpha value is -2.30. The largest absolute Gasteiger partial charge is 0.357 e. The van der Waals surface area contributed by atoms with Crippen LogP contribution in [0.1, 0.15) is 42.7 Å². The van der Waals surface area contributed by atoms with Crippen LogP contribution in [0.5, 0.6) is 0 Å². The molecule has 0 saturated carbocycles. The van der Waals surface area contributed by atoms with Crippen molar-refractivity contribution in [2.24, 2.45) is 0 Å². The van der Waals surface area contributed by atoms with Crippen molar-refractivity contribution in [1.82, 2.24) is 9.97 Å². The number of Topliss-reactive ketones (excluding diaryl/α,β-unsaturated/α-hetero) is 1. The molecule has 1 aromatic heterocycles. The van der Waals surface area contributed by atoms with E-state index in [0.29, 0.717) is 5.95 Å². The van der Waals surface area contributed by atoms with Gasteiger partial charge in [0.15, 0.2) is 5.78 Å². The molecule has 0 aliphatic heterocycles. The minimum Gasteiger partial charge on any atom is -0.357 e. The van der Waals surface area contributed by atoms with Crippen molar-refractivity contribution in [3.8, 4) is 11.1 Å². The third-order valence-corrected chi connectivity index (χ3v) is 3.25. The lowest BCUT2D eigenvalue weighted by molar-refractivity contribution is 0.101. The van der Waals surface area contributed by atoms with E-state index in [1.807, 2.05) is 13.8 Å². The van der Waals surface area contributed by atoms with Gasteiger partial charge in [0.2, 0.25) is 5.95 Å². The molecule has 0 spiro atoms. The highest BCUT2D eigenvalue weighted by Crippen LogP contribution is 2.29. The maximum Gasteiger partial charge on any atom is 0.222 e. The van der Waals surface area contributed by atoms with Gasteiger partial charge in [0.1, 0.15) is 5.82 Å². The van der Waals surface area contributed by atoms with Crippen molar-refractivity contribution in [2.45, 2.75) is 26.7 Å². The third kappa shape index (κ3) is 3.07. The summed E-state index contributed by atoms with van der Waals surface area (Å²) in [6.45, 7) is 5.41. The maximum absolute atomic E-state index is 13.7. The molecule has 0 amide bonds. The van der Waals surface area contributed by atoms with Crippen molar-refractivity contribution in [1.29, 1.82) is 0 Å². The molecule has 2 aromatic rings. The van der Waals surface area contributed by atoms with Crippen molar-refractivity contribution < 1.29 is 9.18 Å². The molecule has 0 radical (unpaired) electrons. The molecule has 1 N–H and O–H groups in total. The Bertz CT molecular complexity index is 683. The van der Waals surface area contributed by atoms with Crippen LogP contribution in [0, 0.1) is 5.82 Å². The third-order valence-electron chi connectivity index (χ3n) is 3.25. The molecule has 2 rings (SSSR count). The fourth-order valence-corrected chi connectivity index (χ4v) is 2.14. The molecule has 1 heterocycles. The van der Waals surface area contributed by atoms with Gasteiger partial charge in [0, 0.05) is 18.8 Å². The highest BCUT2D eigenvalue weighted by molar-refractivity contribution is 5.95. The number of ketones is 1. The minimum atomic E-state index is -0.509. The number of rotatable bonds is 4. The van der Waals surface area contributed by atoms with Gasteiger partial charge in [0.25, 0.3) is 0 Å².